The van der Waals surface area contributed by atoms with Gasteiger partial charge < -0.3 is 9.84 Å². The van der Waals surface area contributed by atoms with Crippen molar-refractivity contribution in [1.82, 2.24) is 20.2 Å². The van der Waals surface area contributed by atoms with Gasteiger partial charge in [0.1, 0.15) is 0 Å². The Kier molecular flexibility index (Phi) is 3.46. The second-order valence-corrected chi connectivity index (χ2v) is 5.38. The zero-order chi connectivity index (χ0) is 13.2. The maximum atomic E-state index is 11.0. The van der Waals surface area contributed by atoms with Crippen molar-refractivity contribution in [1.29, 1.82) is 0 Å². The van der Waals surface area contributed by atoms with Gasteiger partial charge in [-0.1, -0.05) is 0 Å². The first-order valence-corrected chi connectivity index (χ1v) is 6.84. The predicted molar refractivity (Wildman–Crippen MR) is 64.5 cm³/mol. The van der Waals surface area contributed by atoms with Crippen molar-refractivity contribution < 1.29 is 14.6 Å². The van der Waals surface area contributed by atoms with Crippen LogP contribution in [-0.2, 0) is 16.0 Å². The number of hydrogen-bond acceptors (Lipinski definition) is 5. The molecule has 0 amide bonds. The summed E-state index contributed by atoms with van der Waals surface area (Å²) in [7, 11) is 0. The highest BCUT2D eigenvalue weighted by Gasteiger charge is 2.36. The van der Waals surface area contributed by atoms with Crippen LogP contribution in [0.3, 0.4) is 0 Å². The molecule has 0 radical (unpaired) electrons. The number of hydrogen-bond donors (Lipinski definition) is 1. The predicted octanol–water partition coefficient (Wildman–Crippen LogP) is 0.820. The third-order valence-corrected chi connectivity index (χ3v) is 3.86. The lowest BCUT2D eigenvalue weighted by atomic mass is 10.1. The van der Waals surface area contributed by atoms with Crippen molar-refractivity contribution in [3.8, 4) is 0 Å². The van der Waals surface area contributed by atoms with Crippen LogP contribution < -0.4 is 0 Å². The van der Waals surface area contributed by atoms with Gasteiger partial charge in [0.25, 0.3) is 0 Å². The molecule has 2 unspecified atom stereocenters. The van der Waals surface area contributed by atoms with Crippen molar-refractivity contribution in [2.45, 2.75) is 50.7 Å². The molecule has 2 aliphatic rings. The van der Waals surface area contributed by atoms with Gasteiger partial charge in [-0.05, 0) is 42.0 Å². The smallest absolute Gasteiger partial charge is 0.305 e. The lowest BCUT2D eigenvalue weighted by Gasteiger charge is -2.17. The van der Waals surface area contributed by atoms with Crippen LogP contribution in [0.4, 0.5) is 0 Å². The average molecular weight is 266 g/mol. The van der Waals surface area contributed by atoms with Gasteiger partial charge in [-0.3, -0.25) is 4.79 Å². The minimum atomic E-state index is -0.796. The van der Waals surface area contributed by atoms with Gasteiger partial charge in [-0.15, -0.1) is 5.10 Å². The Labute approximate surface area is 110 Å². The molecule has 1 aromatic heterocycles. The number of tetrazole rings is 1. The number of carboxylic acids is 1. The van der Waals surface area contributed by atoms with Crippen molar-refractivity contribution >= 4 is 5.97 Å². The van der Waals surface area contributed by atoms with Gasteiger partial charge in [-0.25, -0.2) is 4.68 Å². The molecule has 1 saturated carbocycles. The van der Waals surface area contributed by atoms with Crippen molar-refractivity contribution in [2.24, 2.45) is 5.92 Å². The van der Waals surface area contributed by atoms with Gasteiger partial charge in [0.15, 0.2) is 5.82 Å². The van der Waals surface area contributed by atoms with Crippen LogP contribution in [0.25, 0.3) is 0 Å². The fraction of sp³-hybridized carbons (Fsp3) is 0.833. The van der Waals surface area contributed by atoms with Gasteiger partial charge in [0.05, 0.1) is 18.6 Å². The maximum Gasteiger partial charge on any atom is 0.305 e. The van der Waals surface area contributed by atoms with E-state index in [-0.39, 0.29) is 18.6 Å². The summed E-state index contributed by atoms with van der Waals surface area (Å²) in [6, 6.07) is -0.107. The van der Waals surface area contributed by atoms with E-state index in [1.165, 1.54) is 0 Å². The SMILES string of the molecule is O=C(O)CC(C1CC1)n1nnnc1CC1CCCO1. The van der Waals surface area contributed by atoms with E-state index in [1.807, 2.05) is 0 Å². The minimum Gasteiger partial charge on any atom is -0.481 e. The standard InChI is InChI=1S/C12H18N4O3/c17-12(18)7-10(8-3-4-8)16-11(13-14-15-16)6-9-2-1-5-19-9/h8-10H,1-7H2,(H,17,18). The van der Waals surface area contributed by atoms with E-state index < -0.39 is 5.97 Å². The summed E-state index contributed by atoms with van der Waals surface area (Å²) < 4.78 is 7.31. The Balaban J connectivity index is 1.74. The summed E-state index contributed by atoms with van der Waals surface area (Å²) in [5, 5.41) is 20.8. The molecule has 3 rings (SSSR count). The summed E-state index contributed by atoms with van der Waals surface area (Å²) in [4.78, 5) is 11.0. The molecule has 7 nitrogen and oxygen atoms in total. The molecule has 0 aromatic carbocycles. The average Bonchev–Trinajstić information content (AvgIpc) is 2.89. The van der Waals surface area contributed by atoms with Gasteiger partial charge in [0, 0.05) is 13.0 Å². The topological polar surface area (TPSA) is 90.1 Å². The third-order valence-electron chi connectivity index (χ3n) is 3.86. The van der Waals surface area contributed by atoms with E-state index in [2.05, 4.69) is 15.5 Å². The Hall–Kier alpha value is -1.50. The molecule has 7 heteroatoms. The van der Waals surface area contributed by atoms with Crippen LogP contribution in [-0.4, -0.2) is 44.0 Å². The molecule has 1 aromatic rings. The van der Waals surface area contributed by atoms with Crippen LogP contribution >= 0.6 is 0 Å². The summed E-state index contributed by atoms with van der Waals surface area (Å²) in [5.74, 6) is 0.364. The number of rotatable bonds is 6. The number of aliphatic carboxylic acids is 1. The van der Waals surface area contributed by atoms with Crippen LogP contribution in [0, 0.1) is 5.92 Å². The zero-order valence-electron chi connectivity index (χ0n) is 10.7. The van der Waals surface area contributed by atoms with E-state index >= 15 is 0 Å². The van der Waals surface area contributed by atoms with Gasteiger partial charge in [0.2, 0.25) is 0 Å². The summed E-state index contributed by atoms with van der Waals surface area (Å²) in [6.45, 7) is 0.799. The molecule has 2 heterocycles. The number of carbonyl (C=O) groups is 1. The molecule has 1 aliphatic heterocycles. The largest absolute Gasteiger partial charge is 0.481 e. The van der Waals surface area contributed by atoms with E-state index in [0.29, 0.717) is 12.3 Å². The molecule has 1 N–H and O–H groups in total. The Morgan fingerprint density at radius 2 is 2.32 bits per heavy atom. The number of nitrogens with zero attached hydrogens (tertiary/aromatic N) is 4. The quantitative estimate of drug-likeness (QED) is 0.819. The molecule has 1 saturated heterocycles. The first kappa shape index (κ1) is 12.5. The molecule has 104 valence electrons. The van der Waals surface area contributed by atoms with Crippen molar-refractivity contribution in [3.05, 3.63) is 5.82 Å². The van der Waals surface area contributed by atoms with Crippen molar-refractivity contribution in [2.75, 3.05) is 6.61 Å². The highest BCUT2D eigenvalue weighted by molar-refractivity contribution is 5.67. The first-order chi connectivity index (χ1) is 9.24. The highest BCUT2D eigenvalue weighted by Crippen LogP contribution is 2.41. The summed E-state index contributed by atoms with van der Waals surface area (Å²) >= 11 is 0. The Morgan fingerprint density at radius 1 is 1.47 bits per heavy atom. The first-order valence-electron chi connectivity index (χ1n) is 6.84. The van der Waals surface area contributed by atoms with Crippen LogP contribution in [0.2, 0.25) is 0 Å². The fourth-order valence-corrected chi connectivity index (χ4v) is 2.73. The van der Waals surface area contributed by atoms with E-state index in [1.54, 1.807) is 4.68 Å². The van der Waals surface area contributed by atoms with E-state index in [9.17, 15) is 4.79 Å². The van der Waals surface area contributed by atoms with E-state index in [0.717, 1.165) is 38.1 Å². The number of ether oxygens (including phenoxy) is 1. The third kappa shape index (κ3) is 2.91. The van der Waals surface area contributed by atoms with Crippen LogP contribution in [0.1, 0.15) is 44.0 Å². The second-order valence-electron chi connectivity index (χ2n) is 5.38. The fourth-order valence-electron chi connectivity index (χ4n) is 2.73. The van der Waals surface area contributed by atoms with Crippen molar-refractivity contribution in [3.63, 3.8) is 0 Å². The molecule has 0 bridgehead atoms. The Bertz CT molecular complexity index is 452. The number of carboxylic acid groups (broad SMARTS) is 1. The molecule has 0 spiro atoms. The molecule has 2 atom stereocenters. The Morgan fingerprint density at radius 3 is 2.95 bits per heavy atom. The molecule has 1 aliphatic carbocycles. The maximum absolute atomic E-state index is 11.0. The lowest BCUT2D eigenvalue weighted by molar-refractivity contribution is -0.138. The molecular formula is C12H18N4O3. The van der Waals surface area contributed by atoms with Crippen LogP contribution in [0.5, 0.6) is 0 Å². The summed E-state index contributed by atoms with van der Waals surface area (Å²) in [5.41, 5.74) is 0. The second kappa shape index (κ2) is 5.24. The van der Waals surface area contributed by atoms with Gasteiger partial charge >= 0.3 is 5.97 Å². The zero-order valence-corrected chi connectivity index (χ0v) is 10.7. The van der Waals surface area contributed by atoms with Gasteiger partial charge in [-0.2, -0.15) is 0 Å². The molecular weight excluding hydrogens is 248 g/mol. The highest BCUT2D eigenvalue weighted by atomic mass is 16.5. The minimum absolute atomic E-state index is 0.0915. The van der Waals surface area contributed by atoms with Crippen LogP contribution in [0.15, 0.2) is 0 Å². The lowest BCUT2D eigenvalue weighted by Crippen LogP contribution is -2.22. The monoisotopic (exact) mass is 266 g/mol. The summed E-state index contributed by atoms with van der Waals surface area (Å²) in [6.07, 6.45) is 5.18. The molecule has 2 fully saturated rings. The number of aromatic nitrogens is 4. The molecule has 19 heavy (non-hydrogen) atoms. The van der Waals surface area contributed by atoms with E-state index in [4.69, 9.17) is 9.84 Å². The normalized spacial score (nSPS) is 24.5.